The maximum Gasteiger partial charge on any atom is 0.185 e. The van der Waals surface area contributed by atoms with Crippen LogP contribution < -0.4 is 0 Å². The Morgan fingerprint density at radius 2 is 1.88 bits per heavy atom. The lowest BCUT2D eigenvalue weighted by atomic mass is 10.2. The van der Waals surface area contributed by atoms with Crippen molar-refractivity contribution in [3.8, 4) is 0 Å². The van der Waals surface area contributed by atoms with Gasteiger partial charge in [-0.3, -0.25) is 0 Å². The van der Waals surface area contributed by atoms with Crippen molar-refractivity contribution in [1.29, 1.82) is 0 Å². The normalized spacial score (nSPS) is 12.2. The Labute approximate surface area is 163 Å². The molecule has 1 unspecified atom stereocenters. The number of nitrogens with zero attached hydrogens (tertiary/aromatic N) is 4. The Morgan fingerprint density at radius 3 is 2.46 bits per heavy atom. The maximum atomic E-state index is 4.66. The molecule has 4 nitrogen and oxygen atoms in total. The lowest BCUT2D eigenvalue weighted by Gasteiger charge is -2.07. The highest BCUT2D eigenvalue weighted by Gasteiger charge is 2.11. The Kier molecular flexibility index (Phi) is 13.3. The number of fused-ring (bicyclic) bond motifs is 1. The van der Waals surface area contributed by atoms with Crippen LogP contribution in [0.4, 0.5) is 0 Å². The molecule has 144 valence electrons. The number of rotatable bonds is 7. The van der Waals surface area contributed by atoms with Gasteiger partial charge < -0.3 is 0 Å². The van der Waals surface area contributed by atoms with Crippen molar-refractivity contribution in [2.24, 2.45) is 0 Å². The van der Waals surface area contributed by atoms with Crippen molar-refractivity contribution in [3.05, 3.63) is 48.8 Å². The van der Waals surface area contributed by atoms with Gasteiger partial charge in [-0.1, -0.05) is 79.3 Å². The largest absolute Gasteiger partial charge is 0.192 e. The highest BCUT2D eigenvalue weighted by Crippen LogP contribution is 2.24. The van der Waals surface area contributed by atoms with Crippen LogP contribution >= 0.6 is 11.8 Å². The first-order chi connectivity index (χ1) is 12.7. The molecule has 0 saturated carbocycles. The molecule has 0 saturated heterocycles. The Hall–Kier alpha value is -1.88. The first-order valence-electron chi connectivity index (χ1n) is 9.58. The molecule has 1 atom stereocenters. The van der Waals surface area contributed by atoms with Crippen molar-refractivity contribution >= 4 is 23.0 Å². The van der Waals surface area contributed by atoms with Gasteiger partial charge in [-0.25, -0.2) is 0 Å². The predicted octanol–water partition coefficient (Wildman–Crippen LogP) is 6.60. The molecular weight excluding hydrogens is 340 g/mol. The summed E-state index contributed by atoms with van der Waals surface area (Å²) in [6.07, 6.45) is 9.98. The quantitative estimate of drug-likeness (QED) is 0.404. The van der Waals surface area contributed by atoms with Crippen LogP contribution in [0.3, 0.4) is 0 Å². The van der Waals surface area contributed by atoms with Crippen LogP contribution in [-0.4, -0.2) is 25.1 Å². The van der Waals surface area contributed by atoms with Crippen LogP contribution in [-0.2, 0) is 0 Å². The third-order valence-corrected chi connectivity index (χ3v) is 4.46. The molecule has 0 aromatic carbocycles. The minimum atomic E-state index is 0.534. The molecule has 2 aromatic rings. The summed E-state index contributed by atoms with van der Waals surface area (Å²) in [7, 11) is 0. The monoisotopic (exact) mass is 374 g/mol. The number of hydrogen-bond donors (Lipinski definition) is 0. The van der Waals surface area contributed by atoms with Gasteiger partial charge in [0.25, 0.3) is 0 Å². The molecule has 0 radical (unpaired) electrons. The van der Waals surface area contributed by atoms with E-state index in [9.17, 15) is 0 Å². The molecule has 5 heteroatoms. The Balaban J connectivity index is 0.00000146. The van der Waals surface area contributed by atoms with Crippen molar-refractivity contribution in [3.63, 3.8) is 0 Å². The first kappa shape index (κ1) is 24.1. The third-order valence-electron chi connectivity index (χ3n) is 3.26. The van der Waals surface area contributed by atoms with Gasteiger partial charge in [0.1, 0.15) is 5.03 Å². The zero-order chi connectivity index (χ0) is 19.9. The van der Waals surface area contributed by atoms with E-state index in [2.05, 4.69) is 48.7 Å². The molecule has 0 amide bonds. The number of allylic oxidation sites excluding steroid dienone is 5. The highest BCUT2D eigenvalue weighted by atomic mass is 32.2. The summed E-state index contributed by atoms with van der Waals surface area (Å²) >= 11 is 1.76. The molecule has 2 rings (SSSR count). The maximum absolute atomic E-state index is 4.66. The second-order valence-electron chi connectivity index (χ2n) is 4.96. The molecule has 26 heavy (non-hydrogen) atoms. The molecule has 0 N–H and O–H groups in total. The van der Waals surface area contributed by atoms with Gasteiger partial charge in [-0.15, -0.1) is 22.0 Å². The lowest BCUT2D eigenvalue weighted by molar-refractivity contribution is 0.830. The van der Waals surface area contributed by atoms with Gasteiger partial charge >= 0.3 is 0 Å². The number of aromatic nitrogens is 4. The van der Waals surface area contributed by atoms with E-state index in [1.165, 1.54) is 0 Å². The second-order valence-corrected chi connectivity index (χ2v) is 6.42. The standard InChI is InChI=1S/C17H22N4S.2C2H6/c1-5-8-9-10-14(7-3)17-19-18-15-11-12-16(20-21(15)17)22-13(4)6-2;2*1-2/h7-13H,3,5-6H2,1-2,4H3;2*1-2H3/b9-8-,14-10+;;. The highest BCUT2D eigenvalue weighted by molar-refractivity contribution is 7.99. The first-order valence-corrected chi connectivity index (χ1v) is 10.5. The fraction of sp³-hybridized carbons (Fsp3) is 0.476. The third kappa shape index (κ3) is 7.16. The fourth-order valence-electron chi connectivity index (χ4n) is 1.85. The van der Waals surface area contributed by atoms with E-state index >= 15 is 0 Å². The predicted molar refractivity (Wildman–Crippen MR) is 117 cm³/mol. The number of thioether (sulfide) groups is 1. The van der Waals surface area contributed by atoms with E-state index in [1.54, 1.807) is 22.4 Å². The molecule has 0 aliphatic rings. The molecule has 0 bridgehead atoms. The average Bonchev–Trinajstić information content (AvgIpc) is 3.11. The van der Waals surface area contributed by atoms with Gasteiger partial charge in [-0.05, 0) is 25.0 Å². The zero-order valence-corrected chi connectivity index (χ0v) is 18.2. The van der Waals surface area contributed by atoms with E-state index in [1.807, 2.05) is 52.0 Å². The van der Waals surface area contributed by atoms with Crippen molar-refractivity contribution < 1.29 is 0 Å². The minimum absolute atomic E-state index is 0.534. The van der Waals surface area contributed by atoms with Gasteiger partial charge in [-0.2, -0.15) is 9.61 Å². The Bertz CT molecular complexity index is 701. The van der Waals surface area contributed by atoms with Gasteiger partial charge in [0, 0.05) is 10.8 Å². The molecule has 0 aliphatic heterocycles. The van der Waals surface area contributed by atoms with Crippen LogP contribution in [0, 0.1) is 0 Å². The molecule has 0 aliphatic carbocycles. The minimum Gasteiger partial charge on any atom is -0.192 e. The summed E-state index contributed by atoms with van der Waals surface area (Å²) in [5, 5.41) is 14.6. The van der Waals surface area contributed by atoms with E-state index in [4.69, 9.17) is 0 Å². The van der Waals surface area contributed by atoms with Gasteiger partial charge in [0.05, 0.1) is 0 Å². The van der Waals surface area contributed by atoms with Crippen LogP contribution in [0.5, 0.6) is 0 Å². The fourth-order valence-corrected chi connectivity index (χ4v) is 2.70. The molecule has 0 fully saturated rings. The van der Waals surface area contributed by atoms with Gasteiger partial charge in [0.15, 0.2) is 11.5 Å². The molecular formula is C21H34N4S. The summed E-state index contributed by atoms with van der Waals surface area (Å²) in [5.74, 6) is 0.720. The van der Waals surface area contributed by atoms with Crippen LogP contribution in [0.1, 0.15) is 67.1 Å². The van der Waals surface area contributed by atoms with E-state index < -0.39 is 0 Å². The van der Waals surface area contributed by atoms with Gasteiger partial charge in [0.2, 0.25) is 0 Å². The van der Waals surface area contributed by atoms with Crippen LogP contribution in [0.25, 0.3) is 11.2 Å². The SMILES string of the molecule is C=C/C(=C\C=C/CC)c1nnc2ccc(SC(C)CC)nn12.CC.CC. The summed E-state index contributed by atoms with van der Waals surface area (Å²) in [5.41, 5.74) is 1.66. The van der Waals surface area contributed by atoms with E-state index in [0.717, 1.165) is 34.9 Å². The smallest absolute Gasteiger partial charge is 0.185 e. The molecule has 0 spiro atoms. The van der Waals surface area contributed by atoms with Crippen molar-refractivity contribution in [2.45, 2.75) is 71.6 Å². The number of hydrogen-bond acceptors (Lipinski definition) is 4. The van der Waals surface area contributed by atoms with Crippen LogP contribution in [0.15, 0.2) is 48.0 Å². The van der Waals surface area contributed by atoms with Crippen molar-refractivity contribution in [1.82, 2.24) is 19.8 Å². The summed E-state index contributed by atoms with van der Waals surface area (Å²) in [6.45, 7) is 18.4. The van der Waals surface area contributed by atoms with E-state index in [0.29, 0.717) is 5.25 Å². The van der Waals surface area contributed by atoms with Crippen molar-refractivity contribution in [2.75, 3.05) is 0 Å². The second kappa shape index (κ2) is 14.3. The van der Waals surface area contributed by atoms with E-state index in [-0.39, 0.29) is 0 Å². The summed E-state index contributed by atoms with van der Waals surface area (Å²) in [4.78, 5) is 0. The topological polar surface area (TPSA) is 43.1 Å². The Morgan fingerprint density at radius 1 is 1.19 bits per heavy atom. The molecule has 2 aromatic heterocycles. The zero-order valence-electron chi connectivity index (χ0n) is 17.4. The lowest BCUT2D eigenvalue weighted by Crippen LogP contribution is -2.01. The molecule has 2 heterocycles. The van der Waals surface area contributed by atoms with Crippen LogP contribution in [0.2, 0.25) is 0 Å². The average molecular weight is 375 g/mol. The summed E-state index contributed by atoms with van der Waals surface area (Å²) in [6, 6.07) is 3.95. The summed E-state index contributed by atoms with van der Waals surface area (Å²) < 4.78 is 1.79.